The molecule has 0 aromatic rings. The lowest BCUT2D eigenvalue weighted by atomic mass is 10.2. The number of nitrogens with one attached hydrogen (secondary N) is 2. The van der Waals surface area contributed by atoms with Crippen LogP contribution < -0.4 is 10.6 Å². The molecule has 2 amide bonds. The van der Waals surface area contributed by atoms with Gasteiger partial charge in [0.05, 0.1) is 92.5 Å². The molecule has 13 nitrogen and oxygen atoms in total. The number of amides is 2. The summed E-state index contributed by atoms with van der Waals surface area (Å²) in [5.41, 5.74) is -1.02. The van der Waals surface area contributed by atoms with E-state index in [2.05, 4.69) is 10.6 Å². The minimum atomic E-state index is -0.512. The van der Waals surface area contributed by atoms with E-state index in [-0.39, 0.29) is 0 Å². The maximum Gasteiger partial charge on any atom is 0.407 e. The molecule has 0 aromatic heterocycles. The molecule has 0 aliphatic carbocycles. The number of ether oxygens (including phenoxy) is 9. The van der Waals surface area contributed by atoms with Crippen LogP contribution in [0, 0.1) is 0 Å². The highest BCUT2D eigenvalue weighted by atomic mass is 16.6. The zero-order chi connectivity index (χ0) is 29.2. The molecule has 0 bridgehead atoms. The van der Waals surface area contributed by atoms with E-state index in [1.54, 1.807) is 0 Å². The SMILES string of the molecule is CC(C)(C)OC(=O)NCCOCCOCCOCCOCCOCCOCCOCCNC(=O)OC(C)(C)C. The Labute approximate surface area is 233 Å². The predicted octanol–water partition coefficient (Wildman–Crippen LogP) is 2.15. The Morgan fingerprint density at radius 1 is 0.410 bits per heavy atom. The van der Waals surface area contributed by atoms with Crippen molar-refractivity contribution in [1.29, 1.82) is 0 Å². The second kappa shape index (κ2) is 24.1. The van der Waals surface area contributed by atoms with Gasteiger partial charge in [0.25, 0.3) is 0 Å². The van der Waals surface area contributed by atoms with Crippen molar-refractivity contribution in [2.24, 2.45) is 0 Å². The minimum absolute atomic E-state index is 0.380. The molecule has 0 aliphatic heterocycles. The van der Waals surface area contributed by atoms with Crippen molar-refractivity contribution in [3.8, 4) is 0 Å². The van der Waals surface area contributed by atoms with E-state index in [1.807, 2.05) is 41.5 Å². The lowest BCUT2D eigenvalue weighted by Gasteiger charge is -2.19. The second-order valence-electron chi connectivity index (χ2n) is 10.1. The van der Waals surface area contributed by atoms with Crippen molar-refractivity contribution in [3.05, 3.63) is 0 Å². The highest BCUT2D eigenvalue weighted by Crippen LogP contribution is 2.06. The molecule has 0 spiro atoms. The van der Waals surface area contributed by atoms with Crippen LogP contribution in [0.5, 0.6) is 0 Å². The molecular formula is C26H52N2O11. The summed E-state index contributed by atoms with van der Waals surface area (Å²) >= 11 is 0. The van der Waals surface area contributed by atoms with Gasteiger partial charge in [0.15, 0.2) is 0 Å². The van der Waals surface area contributed by atoms with Gasteiger partial charge in [-0.05, 0) is 41.5 Å². The van der Waals surface area contributed by atoms with Crippen molar-refractivity contribution in [1.82, 2.24) is 10.6 Å². The van der Waals surface area contributed by atoms with Gasteiger partial charge in [-0.3, -0.25) is 0 Å². The first-order chi connectivity index (χ1) is 18.5. The molecule has 0 saturated heterocycles. The Bertz CT molecular complexity index is 545. The molecule has 13 heteroatoms. The third kappa shape index (κ3) is 32.4. The Morgan fingerprint density at radius 2 is 0.615 bits per heavy atom. The molecule has 0 unspecified atom stereocenters. The predicted molar refractivity (Wildman–Crippen MR) is 144 cm³/mol. The van der Waals surface area contributed by atoms with E-state index in [1.165, 1.54) is 0 Å². The zero-order valence-electron chi connectivity index (χ0n) is 24.8. The highest BCUT2D eigenvalue weighted by Gasteiger charge is 2.16. The van der Waals surface area contributed by atoms with Crippen LogP contribution in [-0.4, -0.2) is 129 Å². The summed E-state index contributed by atoms with van der Waals surface area (Å²) in [7, 11) is 0. The summed E-state index contributed by atoms with van der Waals surface area (Å²) in [4.78, 5) is 22.9. The fourth-order valence-corrected chi connectivity index (χ4v) is 2.50. The standard InChI is InChI=1S/C26H52N2O11/c1-25(2,3)38-23(29)27-7-9-31-11-13-33-15-17-35-19-21-37-22-20-36-18-16-34-14-12-32-10-8-28-24(30)39-26(4,5)6/h7-22H2,1-6H3,(H,27,29)(H,28,30). The molecule has 2 N–H and O–H groups in total. The minimum Gasteiger partial charge on any atom is -0.444 e. The molecule has 0 fully saturated rings. The van der Waals surface area contributed by atoms with Crippen molar-refractivity contribution in [2.75, 3.05) is 106 Å². The van der Waals surface area contributed by atoms with E-state index in [4.69, 9.17) is 42.6 Å². The number of hydrogen-bond acceptors (Lipinski definition) is 11. The van der Waals surface area contributed by atoms with Gasteiger partial charge in [0.1, 0.15) is 11.2 Å². The Kier molecular flexibility index (Phi) is 23.0. The van der Waals surface area contributed by atoms with Crippen LogP contribution in [0.25, 0.3) is 0 Å². The summed E-state index contributed by atoms with van der Waals surface area (Å²) in [6.45, 7) is 18.0. The van der Waals surface area contributed by atoms with Crippen LogP contribution in [0.4, 0.5) is 9.59 Å². The van der Waals surface area contributed by atoms with Gasteiger partial charge in [0.2, 0.25) is 0 Å². The van der Waals surface area contributed by atoms with Gasteiger partial charge in [0, 0.05) is 13.1 Å². The van der Waals surface area contributed by atoms with Crippen LogP contribution in [0.2, 0.25) is 0 Å². The number of carbonyl (C=O) groups is 2. The van der Waals surface area contributed by atoms with E-state index >= 15 is 0 Å². The molecule has 0 aliphatic rings. The second-order valence-corrected chi connectivity index (χ2v) is 10.1. The zero-order valence-corrected chi connectivity index (χ0v) is 24.8. The highest BCUT2D eigenvalue weighted by molar-refractivity contribution is 5.67. The third-order valence-electron chi connectivity index (χ3n) is 4.06. The fourth-order valence-electron chi connectivity index (χ4n) is 2.50. The molecular weight excluding hydrogens is 516 g/mol. The van der Waals surface area contributed by atoms with Crippen LogP contribution in [-0.2, 0) is 42.6 Å². The van der Waals surface area contributed by atoms with E-state index < -0.39 is 23.4 Å². The normalized spacial score (nSPS) is 11.8. The van der Waals surface area contributed by atoms with Crippen LogP contribution in [0.1, 0.15) is 41.5 Å². The summed E-state index contributed by atoms with van der Waals surface area (Å²) in [5, 5.41) is 5.24. The summed E-state index contributed by atoms with van der Waals surface area (Å²) < 4.78 is 48.1. The average Bonchev–Trinajstić information content (AvgIpc) is 2.81. The summed E-state index contributed by atoms with van der Waals surface area (Å²) in [6, 6.07) is 0. The Morgan fingerprint density at radius 3 is 0.821 bits per heavy atom. The van der Waals surface area contributed by atoms with Crippen molar-refractivity contribution >= 4 is 12.2 Å². The van der Waals surface area contributed by atoms with Gasteiger partial charge in [-0.2, -0.15) is 0 Å². The fraction of sp³-hybridized carbons (Fsp3) is 0.923. The maximum absolute atomic E-state index is 11.5. The van der Waals surface area contributed by atoms with Crippen molar-refractivity contribution < 1.29 is 52.2 Å². The van der Waals surface area contributed by atoms with Crippen LogP contribution in [0.3, 0.4) is 0 Å². The summed E-state index contributed by atoms with van der Waals surface area (Å²) in [5.74, 6) is 0. The molecule has 0 saturated carbocycles. The molecule has 0 radical (unpaired) electrons. The van der Waals surface area contributed by atoms with Gasteiger partial charge in [-0.15, -0.1) is 0 Å². The van der Waals surface area contributed by atoms with Gasteiger partial charge in [-0.25, -0.2) is 9.59 Å². The Balaban J connectivity index is 3.17. The number of carbonyl (C=O) groups excluding carboxylic acids is 2. The first kappa shape index (κ1) is 37.3. The lowest BCUT2D eigenvalue weighted by molar-refractivity contribution is -0.0203. The molecule has 0 heterocycles. The Hall–Kier alpha value is -1.74. The summed E-state index contributed by atoms with van der Waals surface area (Å²) in [6.07, 6.45) is -0.910. The number of alkyl carbamates (subject to hydrolysis) is 2. The van der Waals surface area contributed by atoms with E-state index in [0.29, 0.717) is 106 Å². The van der Waals surface area contributed by atoms with E-state index in [0.717, 1.165) is 0 Å². The third-order valence-corrected chi connectivity index (χ3v) is 4.06. The monoisotopic (exact) mass is 568 g/mol. The van der Waals surface area contributed by atoms with Gasteiger partial charge < -0.3 is 53.3 Å². The first-order valence-corrected chi connectivity index (χ1v) is 13.5. The largest absolute Gasteiger partial charge is 0.444 e. The first-order valence-electron chi connectivity index (χ1n) is 13.5. The van der Waals surface area contributed by atoms with Gasteiger partial charge in [-0.1, -0.05) is 0 Å². The smallest absolute Gasteiger partial charge is 0.407 e. The maximum atomic E-state index is 11.5. The van der Waals surface area contributed by atoms with Crippen LogP contribution in [0.15, 0.2) is 0 Å². The van der Waals surface area contributed by atoms with Crippen molar-refractivity contribution in [3.63, 3.8) is 0 Å². The van der Waals surface area contributed by atoms with E-state index in [9.17, 15) is 9.59 Å². The molecule has 0 aromatic carbocycles. The molecule has 232 valence electrons. The number of rotatable bonds is 24. The van der Waals surface area contributed by atoms with Gasteiger partial charge >= 0.3 is 12.2 Å². The molecule has 0 atom stereocenters. The lowest BCUT2D eigenvalue weighted by Crippen LogP contribution is -2.34. The average molecular weight is 569 g/mol. The molecule has 39 heavy (non-hydrogen) atoms. The van der Waals surface area contributed by atoms with Crippen molar-refractivity contribution in [2.45, 2.75) is 52.7 Å². The quantitative estimate of drug-likeness (QED) is 0.165. The van der Waals surface area contributed by atoms with Crippen LogP contribution >= 0.6 is 0 Å². The molecule has 0 rings (SSSR count). The topological polar surface area (TPSA) is 141 Å². The number of hydrogen-bond donors (Lipinski definition) is 2.